The fraction of sp³-hybridized carbons (Fsp3) is 0.450. The SMILES string of the molecule is O=C(NCCCN1CCCCC1)c1nccnc1Oc1cccc(C(F)(F)F)c1. The number of halogens is 3. The largest absolute Gasteiger partial charge is 0.437 e. The van der Waals surface area contributed by atoms with Crippen molar-refractivity contribution in [1.82, 2.24) is 20.2 Å². The first-order valence-corrected chi connectivity index (χ1v) is 9.60. The third-order valence-electron chi connectivity index (χ3n) is 4.64. The first-order valence-electron chi connectivity index (χ1n) is 9.60. The number of hydrogen-bond acceptors (Lipinski definition) is 5. The van der Waals surface area contributed by atoms with Gasteiger partial charge in [-0.2, -0.15) is 13.2 Å². The average Bonchev–Trinajstić information content (AvgIpc) is 2.72. The van der Waals surface area contributed by atoms with Gasteiger partial charge in [-0.15, -0.1) is 0 Å². The summed E-state index contributed by atoms with van der Waals surface area (Å²) in [5.41, 5.74) is -0.912. The molecule has 1 saturated heterocycles. The predicted molar refractivity (Wildman–Crippen MR) is 101 cm³/mol. The average molecular weight is 408 g/mol. The molecule has 0 radical (unpaired) electrons. The lowest BCUT2D eigenvalue weighted by Crippen LogP contribution is -2.33. The van der Waals surface area contributed by atoms with Crippen LogP contribution in [0.2, 0.25) is 0 Å². The van der Waals surface area contributed by atoms with E-state index in [0.29, 0.717) is 6.54 Å². The topological polar surface area (TPSA) is 67.4 Å². The van der Waals surface area contributed by atoms with Crippen molar-refractivity contribution in [3.05, 3.63) is 47.9 Å². The molecule has 1 aliphatic heterocycles. The number of benzene rings is 1. The number of alkyl halides is 3. The number of ether oxygens (including phenoxy) is 1. The molecule has 0 saturated carbocycles. The van der Waals surface area contributed by atoms with Gasteiger partial charge >= 0.3 is 6.18 Å². The van der Waals surface area contributed by atoms with E-state index in [1.807, 2.05) is 0 Å². The van der Waals surface area contributed by atoms with Crippen LogP contribution in [0.25, 0.3) is 0 Å². The van der Waals surface area contributed by atoms with E-state index in [1.165, 1.54) is 43.8 Å². The smallest absolute Gasteiger partial charge is 0.416 e. The fourth-order valence-corrected chi connectivity index (χ4v) is 3.17. The number of amides is 1. The second-order valence-corrected chi connectivity index (χ2v) is 6.85. The lowest BCUT2D eigenvalue weighted by Gasteiger charge is -2.26. The Bertz CT molecular complexity index is 823. The van der Waals surface area contributed by atoms with Gasteiger partial charge in [-0.3, -0.25) is 4.79 Å². The molecule has 1 aliphatic rings. The van der Waals surface area contributed by atoms with E-state index in [-0.39, 0.29) is 17.3 Å². The first-order chi connectivity index (χ1) is 13.9. The number of aromatic nitrogens is 2. The van der Waals surface area contributed by atoms with Gasteiger partial charge in [-0.05, 0) is 57.1 Å². The van der Waals surface area contributed by atoms with Crippen LogP contribution < -0.4 is 10.1 Å². The summed E-state index contributed by atoms with van der Waals surface area (Å²) in [6.07, 6.45) is 2.66. The Labute approximate surface area is 167 Å². The second-order valence-electron chi connectivity index (χ2n) is 6.85. The van der Waals surface area contributed by atoms with E-state index in [2.05, 4.69) is 20.2 Å². The summed E-state index contributed by atoms with van der Waals surface area (Å²) in [7, 11) is 0. The van der Waals surface area contributed by atoms with Gasteiger partial charge in [-0.1, -0.05) is 12.5 Å². The highest BCUT2D eigenvalue weighted by molar-refractivity contribution is 5.94. The zero-order chi connectivity index (χ0) is 20.7. The summed E-state index contributed by atoms with van der Waals surface area (Å²) in [4.78, 5) is 22.8. The van der Waals surface area contributed by atoms with Crippen LogP contribution in [0.3, 0.4) is 0 Å². The molecule has 0 unspecified atom stereocenters. The van der Waals surface area contributed by atoms with E-state index in [9.17, 15) is 18.0 Å². The highest BCUT2D eigenvalue weighted by Crippen LogP contribution is 2.32. The number of hydrogen-bond donors (Lipinski definition) is 1. The molecular formula is C20H23F3N4O2. The van der Waals surface area contributed by atoms with Gasteiger partial charge < -0.3 is 15.0 Å². The molecule has 0 spiro atoms. The van der Waals surface area contributed by atoms with Crippen LogP contribution in [0, 0.1) is 0 Å². The Morgan fingerprint density at radius 2 is 1.90 bits per heavy atom. The molecular weight excluding hydrogens is 385 g/mol. The summed E-state index contributed by atoms with van der Waals surface area (Å²) in [5, 5.41) is 2.77. The van der Waals surface area contributed by atoms with Crippen molar-refractivity contribution in [2.75, 3.05) is 26.2 Å². The predicted octanol–water partition coefficient (Wildman–Crippen LogP) is 3.89. The molecule has 1 fully saturated rings. The van der Waals surface area contributed by atoms with E-state index >= 15 is 0 Å². The van der Waals surface area contributed by atoms with E-state index in [0.717, 1.165) is 38.2 Å². The van der Waals surface area contributed by atoms with Crippen LogP contribution in [0.5, 0.6) is 11.6 Å². The molecule has 1 aromatic carbocycles. The molecule has 1 amide bonds. The van der Waals surface area contributed by atoms with Crippen LogP contribution in [0.1, 0.15) is 41.7 Å². The van der Waals surface area contributed by atoms with Gasteiger partial charge in [0.25, 0.3) is 11.8 Å². The summed E-state index contributed by atoms with van der Waals surface area (Å²) >= 11 is 0. The standard InChI is InChI=1S/C20H23F3N4O2/c21-20(22,23)15-6-4-7-16(14-15)29-19-17(24-9-10-26-19)18(28)25-8-5-13-27-11-2-1-3-12-27/h4,6-7,9-10,14H,1-3,5,8,11-13H2,(H,25,28). The van der Waals surface area contributed by atoms with Crippen LogP contribution in [-0.4, -0.2) is 47.0 Å². The van der Waals surface area contributed by atoms with Crippen molar-refractivity contribution >= 4 is 5.91 Å². The van der Waals surface area contributed by atoms with Gasteiger partial charge in [0.05, 0.1) is 5.56 Å². The Morgan fingerprint density at radius 1 is 1.14 bits per heavy atom. The number of rotatable bonds is 7. The Balaban J connectivity index is 1.59. The third kappa shape index (κ3) is 6.15. The van der Waals surface area contributed by atoms with Crippen molar-refractivity contribution in [3.63, 3.8) is 0 Å². The number of carbonyl (C=O) groups is 1. The minimum atomic E-state index is -4.49. The Hall–Kier alpha value is -2.68. The molecule has 1 aromatic heterocycles. The van der Waals surface area contributed by atoms with Crippen molar-refractivity contribution < 1.29 is 22.7 Å². The minimum absolute atomic E-state index is 0.0668. The van der Waals surface area contributed by atoms with Crippen LogP contribution in [-0.2, 0) is 6.18 Å². The van der Waals surface area contributed by atoms with Gasteiger partial charge in [0.1, 0.15) is 5.75 Å². The molecule has 29 heavy (non-hydrogen) atoms. The first kappa shape index (κ1) is 21.0. The van der Waals surface area contributed by atoms with Gasteiger partial charge in [0.15, 0.2) is 5.69 Å². The summed E-state index contributed by atoms with van der Waals surface area (Å²) in [5.74, 6) is -0.682. The summed E-state index contributed by atoms with van der Waals surface area (Å²) < 4.78 is 44.0. The highest BCUT2D eigenvalue weighted by atomic mass is 19.4. The number of likely N-dealkylation sites (tertiary alicyclic amines) is 1. The molecule has 2 heterocycles. The minimum Gasteiger partial charge on any atom is -0.437 e. The van der Waals surface area contributed by atoms with E-state index in [1.54, 1.807) is 0 Å². The van der Waals surface area contributed by atoms with Gasteiger partial charge in [-0.25, -0.2) is 9.97 Å². The van der Waals surface area contributed by atoms with E-state index in [4.69, 9.17) is 4.74 Å². The lowest BCUT2D eigenvalue weighted by molar-refractivity contribution is -0.137. The lowest BCUT2D eigenvalue weighted by atomic mass is 10.1. The normalized spacial score (nSPS) is 15.1. The fourth-order valence-electron chi connectivity index (χ4n) is 3.17. The maximum absolute atomic E-state index is 12.9. The van der Waals surface area contributed by atoms with Gasteiger partial charge in [0.2, 0.25) is 0 Å². The van der Waals surface area contributed by atoms with Crippen LogP contribution >= 0.6 is 0 Å². The molecule has 1 N–H and O–H groups in total. The molecule has 6 nitrogen and oxygen atoms in total. The van der Waals surface area contributed by atoms with Gasteiger partial charge in [0, 0.05) is 18.9 Å². The number of piperidine rings is 1. The molecule has 3 rings (SSSR count). The molecule has 2 aromatic rings. The quantitative estimate of drug-likeness (QED) is 0.704. The summed E-state index contributed by atoms with van der Waals surface area (Å²) in [6.45, 7) is 3.56. The van der Waals surface area contributed by atoms with E-state index < -0.39 is 17.6 Å². The molecule has 9 heteroatoms. The molecule has 0 aliphatic carbocycles. The Morgan fingerprint density at radius 3 is 2.66 bits per heavy atom. The molecule has 0 bridgehead atoms. The highest BCUT2D eigenvalue weighted by Gasteiger charge is 2.30. The maximum Gasteiger partial charge on any atom is 0.416 e. The van der Waals surface area contributed by atoms with Crippen molar-refractivity contribution in [2.45, 2.75) is 31.9 Å². The molecule has 156 valence electrons. The van der Waals surface area contributed by atoms with Crippen LogP contribution in [0.4, 0.5) is 13.2 Å². The van der Waals surface area contributed by atoms with Crippen molar-refractivity contribution in [1.29, 1.82) is 0 Å². The van der Waals surface area contributed by atoms with Crippen molar-refractivity contribution in [2.24, 2.45) is 0 Å². The molecule has 0 atom stereocenters. The monoisotopic (exact) mass is 408 g/mol. The zero-order valence-corrected chi connectivity index (χ0v) is 15.9. The summed E-state index contributed by atoms with van der Waals surface area (Å²) in [6, 6.07) is 4.40. The van der Waals surface area contributed by atoms with Crippen molar-refractivity contribution in [3.8, 4) is 11.6 Å². The Kier molecular flexibility index (Phi) is 7.03. The van der Waals surface area contributed by atoms with Crippen LogP contribution in [0.15, 0.2) is 36.7 Å². The zero-order valence-electron chi connectivity index (χ0n) is 15.9. The number of nitrogens with zero attached hydrogens (tertiary/aromatic N) is 3. The number of nitrogens with one attached hydrogen (secondary N) is 1. The maximum atomic E-state index is 12.9. The third-order valence-corrected chi connectivity index (χ3v) is 4.64. The second kappa shape index (κ2) is 9.69. The number of carbonyl (C=O) groups excluding carboxylic acids is 1.